The number of hydrogen-bond donors (Lipinski definition) is 0. The van der Waals surface area contributed by atoms with Crippen LogP contribution in [-0.4, -0.2) is 31.8 Å². The van der Waals surface area contributed by atoms with E-state index in [1.165, 1.54) is 4.68 Å². The fourth-order valence-corrected chi connectivity index (χ4v) is 3.46. The number of aryl methyl sites for hydroxylation is 2. The van der Waals surface area contributed by atoms with E-state index in [4.69, 9.17) is 4.52 Å². The van der Waals surface area contributed by atoms with Crippen molar-refractivity contribution in [1.82, 2.24) is 19.8 Å². The van der Waals surface area contributed by atoms with Crippen molar-refractivity contribution >= 4 is 16.8 Å². The minimum atomic E-state index is -0.696. The van der Waals surface area contributed by atoms with Gasteiger partial charge in [0.25, 0.3) is 5.56 Å². The standard InChI is InChI=1S/C21H26N4O3/c1-6-17(20(26)24(13(2)3)12-16-10-8-7-9-11-16)25-21(27)19-18(14(4)22-25)15(5)28-23-19/h7-11,13,17H,6,12H2,1-5H3/t17-/m0/s1. The van der Waals surface area contributed by atoms with Gasteiger partial charge in [0.1, 0.15) is 11.8 Å². The fourth-order valence-electron chi connectivity index (χ4n) is 3.46. The summed E-state index contributed by atoms with van der Waals surface area (Å²) in [6.07, 6.45) is 0.450. The molecule has 3 aromatic rings. The molecule has 3 rings (SSSR count). The first kappa shape index (κ1) is 19.8. The molecule has 148 valence electrons. The van der Waals surface area contributed by atoms with Crippen LogP contribution >= 0.6 is 0 Å². The van der Waals surface area contributed by atoms with Gasteiger partial charge in [0, 0.05) is 12.6 Å². The van der Waals surface area contributed by atoms with Crippen LogP contribution in [0, 0.1) is 13.8 Å². The lowest BCUT2D eigenvalue weighted by molar-refractivity contribution is -0.137. The van der Waals surface area contributed by atoms with E-state index in [9.17, 15) is 9.59 Å². The topological polar surface area (TPSA) is 81.2 Å². The SMILES string of the molecule is CC[C@@H](C(=O)N(Cc1ccccc1)C(C)C)n1nc(C)c2c(C)onc2c1=O. The average molecular weight is 382 g/mol. The van der Waals surface area contributed by atoms with Gasteiger partial charge in [0.2, 0.25) is 5.91 Å². The Morgan fingerprint density at radius 2 is 1.89 bits per heavy atom. The zero-order chi connectivity index (χ0) is 20.4. The summed E-state index contributed by atoms with van der Waals surface area (Å²) in [5, 5.41) is 8.94. The summed E-state index contributed by atoms with van der Waals surface area (Å²) in [5.74, 6) is 0.423. The number of carbonyl (C=O) groups excluding carboxylic acids is 1. The normalized spacial score (nSPS) is 12.5. The van der Waals surface area contributed by atoms with Crippen LogP contribution < -0.4 is 5.56 Å². The molecule has 1 amide bonds. The van der Waals surface area contributed by atoms with Crippen molar-refractivity contribution < 1.29 is 9.32 Å². The summed E-state index contributed by atoms with van der Waals surface area (Å²) >= 11 is 0. The van der Waals surface area contributed by atoms with Gasteiger partial charge in [0.15, 0.2) is 5.52 Å². The van der Waals surface area contributed by atoms with Crippen molar-refractivity contribution in [2.24, 2.45) is 0 Å². The maximum Gasteiger partial charge on any atom is 0.297 e. The third-order valence-electron chi connectivity index (χ3n) is 4.96. The van der Waals surface area contributed by atoms with E-state index in [0.717, 1.165) is 5.56 Å². The molecule has 2 heterocycles. The maximum absolute atomic E-state index is 13.4. The highest BCUT2D eigenvalue weighted by atomic mass is 16.5. The monoisotopic (exact) mass is 382 g/mol. The second kappa shape index (κ2) is 7.96. The zero-order valence-corrected chi connectivity index (χ0v) is 17.0. The Balaban J connectivity index is 2.02. The van der Waals surface area contributed by atoms with Gasteiger partial charge in [-0.15, -0.1) is 0 Å². The van der Waals surface area contributed by atoms with Crippen LogP contribution in [0.5, 0.6) is 0 Å². The van der Waals surface area contributed by atoms with E-state index < -0.39 is 11.6 Å². The first-order chi connectivity index (χ1) is 13.3. The van der Waals surface area contributed by atoms with Gasteiger partial charge in [-0.05, 0) is 39.7 Å². The molecule has 2 aromatic heterocycles. The Labute approximate surface area is 163 Å². The second-order valence-corrected chi connectivity index (χ2v) is 7.27. The first-order valence-electron chi connectivity index (χ1n) is 9.54. The summed E-state index contributed by atoms with van der Waals surface area (Å²) in [5.41, 5.74) is 1.48. The summed E-state index contributed by atoms with van der Waals surface area (Å²) < 4.78 is 6.44. The Bertz CT molecular complexity index is 1040. The summed E-state index contributed by atoms with van der Waals surface area (Å²) in [6, 6.07) is 9.11. The lowest BCUT2D eigenvalue weighted by atomic mass is 10.1. The Kier molecular flexibility index (Phi) is 5.63. The van der Waals surface area contributed by atoms with Crippen molar-refractivity contribution in [3.63, 3.8) is 0 Å². The Morgan fingerprint density at radius 3 is 2.50 bits per heavy atom. The number of carbonyl (C=O) groups is 1. The third-order valence-corrected chi connectivity index (χ3v) is 4.96. The van der Waals surface area contributed by atoms with E-state index in [-0.39, 0.29) is 17.5 Å². The number of nitrogens with zero attached hydrogens (tertiary/aromatic N) is 4. The lowest BCUT2D eigenvalue weighted by Crippen LogP contribution is -2.44. The van der Waals surface area contributed by atoms with Gasteiger partial charge >= 0.3 is 0 Å². The number of hydrogen-bond acceptors (Lipinski definition) is 5. The van der Waals surface area contributed by atoms with E-state index in [0.29, 0.717) is 29.8 Å². The molecule has 0 aliphatic heterocycles. The van der Waals surface area contributed by atoms with Gasteiger partial charge in [-0.1, -0.05) is 42.4 Å². The average Bonchev–Trinajstić information content (AvgIpc) is 3.07. The van der Waals surface area contributed by atoms with E-state index in [1.54, 1.807) is 18.7 Å². The van der Waals surface area contributed by atoms with Crippen molar-refractivity contribution in [1.29, 1.82) is 0 Å². The van der Waals surface area contributed by atoms with Crippen LogP contribution in [-0.2, 0) is 11.3 Å². The van der Waals surface area contributed by atoms with Crippen LogP contribution in [0.4, 0.5) is 0 Å². The molecule has 0 unspecified atom stereocenters. The summed E-state index contributed by atoms with van der Waals surface area (Å²) in [7, 11) is 0. The molecule has 0 saturated heterocycles. The molecule has 0 aliphatic carbocycles. The minimum Gasteiger partial charge on any atom is -0.360 e. The quantitative estimate of drug-likeness (QED) is 0.653. The largest absolute Gasteiger partial charge is 0.360 e. The van der Waals surface area contributed by atoms with Crippen molar-refractivity contribution in [2.75, 3.05) is 0 Å². The lowest BCUT2D eigenvalue weighted by Gasteiger charge is -2.30. The third kappa shape index (κ3) is 3.56. The summed E-state index contributed by atoms with van der Waals surface area (Å²) in [6.45, 7) is 9.84. The predicted molar refractivity (Wildman–Crippen MR) is 107 cm³/mol. The van der Waals surface area contributed by atoms with Crippen LogP contribution in [0.15, 0.2) is 39.6 Å². The predicted octanol–water partition coefficient (Wildman–Crippen LogP) is 3.39. The molecule has 1 atom stereocenters. The van der Waals surface area contributed by atoms with Gasteiger partial charge in [-0.3, -0.25) is 9.59 Å². The van der Waals surface area contributed by atoms with Gasteiger partial charge in [-0.2, -0.15) is 5.10 Å². The minimum absolute atomic E-state index is 0.0171. The molecule has 0 saturated carbocycles. The molecule has 1 aromatic carbocycles. The van der Waals surface area contributed by atoms with Crippen LogP contribution in [0.1, 0.15) is 50.3 Å². The Hall–Kier alpha value is -2.96. The van der Waals surface area contributed by atoms with Crippen molar-refractivity contribution in [3.05, 3.63) is 57.7 Å². The maximum atomic E-state index is 13.4. The highest BCUT2D eigenvalue weighted by Crippen LogP contribution is 2.21. The highest BCUT2D eigenvalue weighted by Gasteiger charge is 2.29. The zero-order valence-electron chi connectivity index (χ0n) is 17.0. The molecule has 0 spiro atoms. The molecule has 0 aliphatic rings. The number of amides is 1. The van der Waals surface area contributed by atoms with E-state index in [1.807, 2.05) is 51.1 Å². The molecular weight excluding hydrogens is 356 g/mol. The number of aromatic nitrogens is 3. The molecule has 0 radical (unpaired) electrons. The van der Waals surface area contributed by atoms with Crippen molar-refractivity contribution in [3.8, 4) is 0 Å². The van der Waals surface area contributed by atoms with E-state index in [2.05, 4.69) is 10.3 Å². The summed E-state index contributed by atoms with van der Waals surface area (Å²) in [4.78, 5) is 28.1. The Morgan fingerprint density at radius 1 is 1.21 bits per heavy atom. The highest BCUT2D eigenvalue weighted by molar-refractivity contribution is 5.83. The smallest absolute Gasteiger partial charge is 0.297 e. The molecule has 0 N–H and O–H groups in total. The van der Waals surface area contributed by atoms with Gasteiger partial charge in [-0.25, -0.2) is 4.68 Å². The second-order valence-electron chi connectivity index (χ2n) is 7.27. The number of fused-ring (bicyclic) bond motifs is 1. The first-order valence-corrected chi connectivity index (χ1v) is 9.54. The number of rotatable bonds is 6. The molecular formula is C21H26N4O3. The van der Waals surface area contributed by atoms with Crippen LogP contribution in [0.2, 0.25) is 0 Å². The van der Waals surface area contributed by atoms with E-state index >= 15 is 0 Å². The molecule has 7 heteroatoms. The molecule has 28 heavy (non-hydrogen) atoms. The van der Waals surface area contributed by atoms with Gasteiger partial charge < -0.3 is 9.42 Å². The fraction of sp³-hybridized carbons (Fsp3) is 0.429. The molecule has 0 bridgehead atoms. The van der Waals surface area contributed by atoms with Crippen LogP contribution in [0.25, 0.3) is 10.9 Å². The molecule has 0 fully saturated rings. The van der Waals surface area contributed by atoms with Crippen molar-refractivity contribution in [2.45, 2.75) is 59.7 Å². The van der Waals surface area contributed by atoms with Crippen LogP contribution in [0.3, 0.4) is 0 Å². The number of benzene rings is 1. The molecule has 7 nitrogen and oxygen atoms in total. The van der Waals surface area contributed by atoms with Gasteiger partial charge in [0.05, 0.1) is 11.1 Å².